The Bertz CT molecular complexity index is 824. The monoisotopic (exact) mass is 379 g/mol. The molecule has 2 aromatic rings. The Kier molecular flexibility index (Phi) is 6.41. The summed E-state index contributed by atoms with van der Waals surface area (Å²) >= 11 is 1.40. The summed E-state index contributed by atoms with van der Waals surface area (Å²) in [5, 5.41) is 3.88. The first-order valence-electron chi connectivity index (χ1n) is 8.33. The largest absolute Gasteiger partial charge is 0.354 e. The van der Waals surface area contributed by atoms with Gasteiger partial charge in [0.2, 0.25) is 5.91 Å². The van der Waals surface area contributed by atoms with Crippen molar-refractivity contribution in [2.45, 2.75) is 44.3 Å². The molecule has 6 heteroatoms. The van der Waals surface area contributed by atoms with Crippen LogP contribution in [0.3, 0.4) is 0 Å². The van der Waals surface area contributed by atoms with E-state index >= 15 is 0 Å². The molecule has 136 valence electrons. The molecule has 0 saturated carbocycles. The molecule has 0 spiro atoms. The molecular weight excluding hydrogens is 354 g/mol. The normalized spacial score (nSPS) is 13.0. The Labute approximate surface area is 154 Å². The van der Waals surface area contributed by atoms with E-state index in [9.17, 15) is 13.2 Å². The van der Waals surface area contributed by atoms with Crippen LogP contribution in [0.5, 0.6) is 0 Å². The van der Waals surface area contributed by atoms with Crippen molar-refractivity contribution in [3.63, 3.8) is 0 Å². The number of rotatable bonds is 7. The molecule has 0 fully saturated rings. The van der Waals surface area contributed by atoms with Gasteiger partial charge in [0.05, 0.1) is 4.90 Å². The van der Waals surface area contributed by atoms with Crippen molar-refractivity contribution in [3.8, 4) is 0 Å². The van der Waals surface area contributed by atoms with E-state index in [0.717, 1.165) is 16.0 Å². The summed E-state index contributed by atoms with van der Waals surface area (Å²) in [6.07, 6.45) is 0.390. The van der Waals surface area contributed by atoms with Crippen LogP contribution in [0, 0.1) is 19.8 Å². The number of thiophene rings is 1. The highest BCUT2D eigenvalue weighted by Gasteiger charge is 2.30. The smallest absolute Gasteiger partial charge is 0.220 e. The molecule has 1 aromatic carbocycles. The molecular formula is C19H25NO3S2. The van der Waals surface area contributed by atoms with Crippen LogP contribution in [0.15, 0.2) is 40.6 Å². The lowest BCUT2D eigenvalue weighted by Gasteiger charge is -2.18. The highest BCUT2D eigenvalue weighted by Crippen LogP contribution is 2.32. The second-order valence-corrected chi connectivity index (χ2v) is 9.81. The Morgan fingerprint density at radius 1 is 1.16 bits per heavy atom. The van der Waals surface area contributed by atoms with Gasteiger partial charge < -0.3 is 5.32 Å². The maximum absolute atomic E-state index is 13.2. The third kappa shape index (κ3) is 4.92. The predicted molar refractivity (Wildman–Crippen MR) is 103 cm³/mol. The van der Waals surface area contributed by atoms with Crippen molar-refractivity contribution < 1.29 is 13.2 Å². The summed E-state index contributed by atoms with van der Waals surface area (Å²) < 4.78 is 26.4. The molecule has 0 unspecified atom stereocenters. The molecule has 25 heavy (non-hydrogen) atoms. The van der Waals surface area contributed by atoms with Crippen molar-refractivity contribution in [3.05, 3.63) is 51.7 Å². The fourth-order valence-electron chi connectivity index (χ4n) is 2.54. The van der Waals surface area contributed by atoms with Crippen LogP contribution in [0.25, 0.3) is 0 Å². The molecule has 0 aliphatic carbocycles. The van der Waals surface area contributed by atoms with Crippen LogP contribution in [0.2, 0.25) is 0 Å². The van der Waals surface area contributed by atoms with Gasteiger partial charge in [0.15, 0.2) is 9.84 Å². The Morgan fingerprint density at radius 3 is 2.44 bits per heavy atom. The predicted octanol–water partition coefficient (Wildman–Crippen LogP) is 4.04. The Hall–Kier alpha value is -1.66. The molecule has 0 saturated heterocycles. The van der Waals surface area contributed by atoms with E-state index in [1.54, 1.807) is 12.1 Å². The maximum Gasteiger partial charge on any atom is 0.220 e. The third-order valence-electron chi connectivity index (χ3n) is 4.12. The van der Waals surface area contributed by atoms with Gasteiger partial charge in [-0.15, -0.1) is 11.3 Å². The van der Waals surface area contributed by atoms with Gasteiger partial charge in [-0.05, 0) is 54.5 Å². The molecule has 1 amide bonds. The molecule has 0 aliphatic heterocycles. The number of sulfone groups is 1. The van der Waals surface area contributed by atoms with E-state index in [-0.39, 0.29) is 18.4 Å². The number of hydrogen-bond donors (Lipinski definition) is 1. The lowest BCUT2D eigenvalue weighted by atomic mass is 10.1. The van der Waals surface area contributed by atoms with Crippen LogP contribution in [-0.4, -0.2) is 20.9 Å². The number of carbonyl (C=O) groups is 1. The van der Waals surface area contributed by atoms with Crippen LogP contribution >= 0.6 is 11.3 Å². The second-order valence-electron chi connectivity index (χ2n) is 6.70. The summed E-state index contributed by atoms with van der Waals surface area (Å²) in [7, 11) is -3.59. The molecule has 1 atom stereocenters. The summed E-state index contributed by atoms with van der Waals surface area (Å²) in [6.45, 7) is 7.86. The molecule has 0 aliphatic rings. The molecule has 4 nitrogen and oxygen atoms in total. The van der Waals surface area contributed by atoms with E-state index in [4.69, 9.17) is 0 Å². The number of amides is 1. The molecule has 0 bridgehead atoms. The summed E-state index contributed by atoms with van der Waals surface area (Å²) in [4.78, 5) is 13.0. The van der Waals surface area contributed by atoms with Crippen molar-refractivity contribution in [1.29, 1.82) is 0 Å². The van der Waals surface area contributed by atoms with E-state index in [0.29, 0.717) is 11.3 Å². The van der Waals surface area contributed by atoms with E-state index < -0.39 is 15.1 Å². The highest BCUT2D eigenvalue weighted by molar-refractivity contribution is 7.91. The summed E-state index contributed by atoms with van der Waals surface area (Å²) in [5.41, 5.74) is 1.99. The Balaban J connectivity index is 2.31. The van der Waals surface area contributed by atoms with Gasteiger partial charge in [-0.25, -0.2) is 8.42 Å². The third-order valence-corrected chi connectivity index (χ3v) is 7.34. The average Bonchev–Trinajstić information content (AvgIpc) is 3.03. The summed E-state index contributed by atoms with van der Waals surface area (Å²) in [5.74, 6) is 0.114. The zero-order valence-corrected chi connectivity index (χ0v) is 16.7. The minimum absolute atomic E-state index is 0.0846. The number of hydrogen-bond acceptors (Lipinski definition) is 4. The van der Waals surface area contributed by atoms with E-state index in [2.05, 4.69) is 5.32 Å². The first kappa shape index (κ1) is 19.7. The van der Waals surface area contributed by atoms with Gasteiger partial charge in [-0.2, -0.15) is 0 Å². The van der Waals surface area contributed by atoms with Crippen LogP contribution < -0.4 is 5.32 Å². The molecule has 2 rings (SSSR count). The average molecular weight is 380 g/mol. The SMILES string of the molecule is Cc1ccc(S(=O)(=O)[C@@H](CNC(=O)CC(C)C)c2cccs2)cc1C. The first-order chi connectivity index (χ1) is 11.7. The maximum atomic E-state index is 13.2. The van der Waals surface area contributed by atoms with Crippen molar-refractivity contribution in [2.75, 3.05) is 6.54 Å². The van der Waals surface area contributed by atoms with Gasteiger partial charge >= 0.3 is 0 Å². The van der Waals surface area contributed by atoms with E-state index in [1.807, 2.05) is 51.3 Å². The summed E-state index contributed by atoms with van der Waals surface area (Å²) in [6, 6.07) is 8.82. The molecule has 1 heterocycles. The second kappa shape index (κ2) is 8.15. The van der Waals surface area contributed by atoms with Gasteiger partial charge in [0.1, 0.15) is 5.25 Å². The standard InChI is InChI=1S/C19H25NO3S2/c1-13(2)10-19(21)20-12-18(17-6-5-9-24-17)25(22,23)16-8-7-14(3)15(4)11-16/h5-9,11,13,18H,10,12H2,1-4H3,(H,20,21)/t18-/m0/s1. The first-order valence-corrected chi connectivity index (χ1v) is 10.8. The van der Waals surface area contributed by atoms with Gasteiger partial charge in [0, 0.05) is 17.8 Å². The van der Waals surface area contributed by atoms with Gasteiger partial charge in [-0.1, -0.05) is 26.0 Å². The number of carbonyl (C=O) groups excluding carboxylic acids is 1. The van der Waals surface area contributed by atoms with Crippen molar-refractivity contribution in [2.24, 2.45) is 5.92 Å². The van der Waals surface area contributed by atoms with Gasteiger partial charge in [-0.3, -0.25) is 4.79 Å². The zero-order valence-electron chi connectivity index (χ0n) is 15.1. The lowest BCUT2D eigenvalue weighted by molar-refractivity contribution is -0.121. The van der Waals surface area contributed by atoms with Gasteiger partial charge in [0.25, 0.3) is 0 Å². The highest BCUT2D eigenvalue weighted by atomic mass is 32.2. The minimum Gasteiger partial charge on any atom is -0.354 e. The lowest BCUT2D eigenvalue weighted by Crippen LogP contribution is -2.32. The van der Waals surface area contributed by atoms with Crippen molar-refractivity contribution >= 4 is 27.1 Å². The number of aryl methyl sites for hydroxylation is 2. The van der Waals surface area contributed by atoms with E-state index in [1.165, 1.54) is 11.3 Å². The molecule has 0 radical (unpaired) electrons. The topological polar surface area (TPSA) is 63.2 Å². The van der Waals surface area contributed by atoms with Crippen molar-refractivity contribution in [1.82, 2.24) is 5.32 Å². The fourth-order valence-corrected chi connectivity index (χ4v) is 5.41. The van der Waals surface area contributed by atoms with Crippen LogP contribution in [0.4, 0.5) is 0 Å². The molecule has 1 aromatic heterocycles. The fraction of sp³-hybridized carbons (Fsp3) is 0.421. The van der Waals surface area contributed by atoms with Crippen LogP contribution in [0.1, 0.15) is 41.5 Å². The number of benzene rings is 1. The minimum atomic E-state index is -3.59. The zero-order chi connectivity index (χ0) is 18.6. The Morgan fingerprint density at radius 2 is 1.88 bits per heavy atom. The molecule has 1 N–H and O–H groups in total. The number of nitrogens with one attached hydrogen (secondary N) is 1. The quantitative estimate of drug-likeness (QED) is 0.789. The van der Waals surface area contributed by atoms with Crippen LogP contribution in [-0.2, 0) is 14.6 Å².